The van der Waals surface area contributed by atoms with Crippen LogP contribution in [0.4, 0.5) is 17.2 Å². The Morgan fingerprint density at radius 2 is 1.93 bits per heavy atom. The number of aromatic amines is 1. The fourth-order valence-electron chi connectivity index (χ4n) is 4.23. The number of carbonyl (C=O) groups excluding carboxylic acids is 2. The van der Waals surface area contributed by atoms with E-state index in [0.717, 1.165) is 53.2 Å². The van der Waals surface area contributed by atoms with Crippen molar-refractivity contribution in [1.29, 1.82) is 0 Å². The molecule has 0 atom stereocenters. The number of rotatable bonds is 4. The predicted octanol–water partition coefficient (Wildman–Crippen LogP) is 4.69. The van der Waals surface area contributed by atoms with E-state index in [-0.39, 0.29) is 17.1 Å². The lowest BCUT2D eigenvalue weighted by atomic mass is 9.83. The molecular formula is C23H22N4O2. The van der Waals surface area contributed by atoms with Gasteiger partial charge in [-0.1, -0.05) is 18.2 Å². The summed E-state index contributed by atoms with van der Waals surface area (Å²) in [6, 6.07) is 13.6. The Labute approximate surface area is 168 Å². The number of carbonyl (C=O) groups is 2. The van der Waals surface area contributed by atoms with E-state index in [4.69, 9.17) is 0 Å². The second-order valence-corrected chi connectivity index (χ2v) is 8.11. The topological polar surface area (TPSA) is 86.9 Å². The van der Waals surface area contributed by atoms with Crippen LogP contribution in [0.15, 0.2) is 48.7 Å². The highest BCUT2D eigenvalue weighted by Crippen LogP contribution is 2.56. The van der Waals surface area contributed by atoms with Crippen LogP contribution >= 0.6 is 0 Å². The van der Waals surface area contributed by atoms with Crippen LogP contribution in [0.2, 0.25) is 0 Å². The first-order valence-electron chi connectivity index (χ1n) is 9.87. The molecule has 3 aromatic rings. The number of fused-ring (bicyclic) bond motifs is 1. The Kier molecular flexibility index (Phi) is 4.01. The van der Waals surface area contributed by atoms with Crippen LogP contribution in [0.25, 0.3) is 11.3 Å². The van der Waals surface area contributed by atoms with Gasteiger partial charge in [-0.2, -0.15) is 0 Å². The summed E-state index contributed by atoms with van der Waals surface area (Å²) in [6.07, 6.45) is 5.43. The zero-order valence-corrected chi connectivity index (χ0v) is 16.2. The van der Waals surface area contributed by atoms with E-state index in [1.807, 2.05) is 42.5 Å². The quantitative estimate of drug-likeness (QED) is 0.607. The first-order valence-corrected chi connectivity index (χ1v) is 9.87. The van der Waals surface area contributed by atoms with Gasteiger partial charge in [0.2, 0.25) is 5.91 Å². The molecule has 6 nitrogen and oxygen atoms in total. The molecule has 1 aromatic carbocycles. The molecule has 0 bridgehead atoms. The van der Waals surface area contributed by atoms with Crippen LogP contribution in [0.1, 0.15) is 42.2 Å². The smallest absolute Gasteiger partial charge is 0.222 e. The van der Waals surface area contributed by atoms with Crippen molar-refractivity contribution in [2.24, 2.45) is 5.41 Å². The monoisotopic (exact) mass is 386 g/mol. The molecule has 6 heteroatoms. The van der Waals surface area contributed by atoms with Crippen molar-refractivity contribution in [3.8, 4) is 11.3 Å². The van der Waals surface area contributed by atoms with E-state index in [2.05, 4.69) is 20.6 Å². The zero-order chi connectivity index (χ0) is 20.0. The van der Waals surface area contributed by atoms with Crippen LogP contribution in [0.5, 0.6) is 0 Å². The first-order chi connectivity index (χ1) is 14.0. The van der Waals surface area contributed by atoms with Crippen molar-refractivity contribution >= 4 is 28.9 Å². The van der Waals surface area contributed by atoms with E-state index in [1.165, 1.54) is 6.92 Å². The van der Waals surface area contributed by atoms with E-state index >= 15 is 0 Å². The number of hydrogen-bond acceptors (Lipinski definition) is 4. The molecule has 0 aliphatic heterocycles. The maximum Gasteiger partial charge on any atom is 0.222 e. The minimum absolute atomic E-state index is 0.163. The Morgan fingerprint density at radius 3 is 2.66 bits per heavy atom. The molecule has 1 amide bonds. The number of para-hydroxylation sites is 1. The van der Waals surface area contributed by atoms with Crippen molar-refractivity contribution in [3.05, 3.63) is 59.9 Å². The van der Waals surface area contributed by atoms with Gasteiger partial charge in [0.05, 0.1) is 16.9 Å². The number of nitrogens with zero attached hydrogens (tertiary/aromatic N) is 1. The van der Waals surface area contributed by atoms with Crippen molar-refractivity contribution in [3.63, 3.8) is 0 Å². The standard InChI is InChI=1S/C23H22N4O2/c1-14(28)25-19-11-15(7-10-24-19)21-22(26-16-5-3-2-4-6-16)20-17(27-21)12-23(8-9-23)13-18(20)29/h2-7,10-11,26-27H,8-9,12-13H2,1H3,(H,24,25,28). The van der Waals surface area contributed by atoms with Crippen LogP contribution < -0.4 is 10.6 Å². The van der Waals surface area contributed by atoms with Crippen LogP contribution in [-0.2, 0) is 11.2 Å². The molecule has 1 saturated carbocycles. The van der Waals surface area contributed by atoms with Gasteiger partial charge in [0.15, 0.2) is 5.78 Å². The minimum atomic E-state index is -0.172. The molecule has 2 heterocycles. The van der Waals surface area contributed by atoms with Gasteiger partial charge in [-0.05, 0) is 48.9 Å². The third kappa shape index (κ3) is 3.31. The molecule has 2 aliphatic carbocycles. The summed E-state index contributed by atoms with van der Waals surface area (Å²) in [5.74, 6) is 0.507. The van der Waals surface area contributed by atoms with E-state index < -0.39 is 0 Å². The number of pyridine rings is 1. The fraction of sp³-hybridized carbons (Fsp3) is 0.261. The summed E-state index contributed by atoms with van der Waals surface area (Å²) in [7, 11) is 0. The summed E-state index contributed by atoms with van der Waals surface area (Å²) >= 11 is 0. The number of amides is 1. The van der Waals surface area contributed by atoms with Gasteiger partial charge in [-0.3, -0.25) is 9.59 Å². The average Bonchev–Trinajstić information content (AvgIpc) is 3.32. The lowest BCUT2D eigenvalue weighted by Gasteiger charge is -2.21. The summed E-state index contributed by atoms with van der Waals surface area (Å²) in [5.41, 5.74) is 5.37. The SMILES string of the molecule is CC(=O)Nc1cc(-c2[nH]c3c(c2Nc2ccccc2)C(=O)CC2(CC2)C3)ccn1. The van der Waals surface area contributed by atoms with Crippen molar-refractivity contribution in [2.75, 3.05) is 10.6 Å². The first kappa shape index (κ1) is 17.7. The highest BCUT2D eigenvalue weighted by atomic mass is 16.1. The molecule has 29 heavy (non-hydrogen) atoms. The number of anilines is 3. The predicted molar refractivity (Wildman–Crippen MR) is 112 cm³/mol. The molecule has 2 aliphatic rings. The maximum atomic E-state index is 13.1. The molecule has 1 spiro atoms. The summed E-state index contributed by atoms with van der Waals surface area (Å²) < 4.78 is 0. The van der Waals surface area contributed by atoms with Crippen LogP contribution in [-0.4, -0.2) is 21.7 Å². The second kappa shape index (κ2) is 6.58. The van der Waals surface area contributed by atoms with Gasteiger partial charge >= 0.3 is 0 Å². The number of nitrogens with one attached hydrogen (secondary N) is 3. The van der Waals surface area contributed by atoms with Gasteiger partial charge in [0.1, 0.15) is 5.82 Å². The van der Waals surface area contributed by atoms with Crippen LogP contribution in [0, 0.1) is 5.41 Å². The Hall–Kier alpha value is -3.41. The molecule has 5 rings (SSSR count). The number of benzene rings is 1. The Morgan fingerprint density at radius 1 is 1.14 bits per heavy atom. The van der Waals surface area contributed by atoms with Crippen molar-refractivity contribution in [2.45, 2.75) is 32.6 Å². The third-order valence-corrected chi connectivity index (χ3v) is 5.80. The molecule has 3 N–H and O–H groups in total. The normalized spacial score (nSPS) is 16.4. The van der Waals surface area contributed by atoms with Gasteiger partial charge in [0, 0.05) is 36.5 Å². The number of ketones is 1. The number of Topliss-reactive ketones (excluding diaryl/α,β-unsaturated/α-hetero) is 1. The van der Waals surface area contributed by atoms with E-state index in [0.29, 0.717) is 12.2 Å². The van der Waals surface area contributed by atoms with E-state index in [1.54, 1.807) is 6.20 Å². The number of aromatic nitrogens is 2. The van der Waals surface area contributed by atoms with Crippen molar-refractivity contribution in [1.82, 2.24) is 9.97 Å². The zero-order valence-electron chi connectivity index (χ0n) is 16.2. The highest BCUT2D eigenvalue weighted by Gasteiger charge is 2.49. The minimum Gasteiger partial charge on any atom is -0.356 e. The second-order valence-electron chi connectivity index (χ2n) is 8.11. The molecular weight excluding hydrogens is 364 g/mol. The maximum absolute atomic E-state index is 13.1. The lowest BCUT2D eigenvalue weighted by molar-refractivity contribution is -0.114. The van der Waals surface area contributed by atoms with Crippen molar-refractivity contribution < 1.29 is 9.59 Å². The van der Waals surface area contributed by atoms with E-state index in [9.17, 15) is 9.59 Å². The molecule has 1 fully saturated rings. The highest BCUT2D eigenvalue weighted by molar-refractivity contribution is 6.08. The largest absolute Gasteiger partial charge is 0.356 e. The lowest BCUT2D eigenvalue weighted by Crippen LogP contribution is -2.21. The van der Waals surface area contributed by atoms with Gasteiger partial charge in [-0.15, -0.1) is 0 Å². The molecule has 0 saturated heterocycles. The number of hydrogen-bond donors (Lipinski definition) is 3. The average molecular weight is 386 g/mol. The molecule has 0 unspecified atom stereocenters. The fourth-order valence-corrected chi connectivity index (χ4v) is 4.23. The number of H-pyrrole nitrogens is 1. The molecule has 146 valence electrons. The molecule has 0 radical (unpaired) electrons. The van der Waals surface area contributed by atoms with Gasteiger partial charge in [0.25, 0.3) is 0 Å². The van der Waals surface area contributed by atoms with Gasteiger partial charge < -0.3 is 15.6 Å². The molecule has 2 aromatic heterocycles. The Balaban J connectivity index is 1.63. The van der Waals surface area contributed by atoms with Crippen LogP contribution in [0.3, 0.4) is 0 Å². The summed E-state index contributed by atoms with van der Waals surface area (Å²) in [5, 5.41) is 6.18. The Bertz CT molecular complexity index is 1110. The third-order valence-electron chi connectivity index (χ3n) is 5.80. The summed E-state index contributed by atoms with van der Waals surface area (Å²) in [4.78, 5) is 32.3. The van der Waals surface area contributed by atoms with Gasteiger partial charge in [-0.25, -0.2) is 4.98 Å². The summed E-state index contributed by atoms with van der Waals surface area (Å²) in [6.45, 7) is 1.46.